The first kappa shape index (κ1) is 23.0. The predicted molar refractivity (Wildman–Crippen MR) is 116 cm³/mol. The molecule has 5 nitrogen and oxygen atoms in total. The summed E-state index contributed by atoms with van der Waals surface area (Å²) in [5, 5.41) is 4.05. The van der Waals surface area contributed by atoms with Gasteiger partial charge in [-0.1, -0.05) is 35.3 Å². The second-order valence-electron chi connectivity index (χ2n) is 6.62. The van der Waals surface area contributed by atoms with E-state index in [1.807, 2.05) is 19.1 Å². The van der Waals surface area contributed by atoms with Crippen molar-refractivity contribution in [3.63, 3.8) is 0 Å². The molecular formula is C22H26Cl2N2O3. The molecule has 0 aromatic heterocycles. The lowest BCUT2D eigenvalue weighted by Gasteiger charge is -2.28. The number of carbonyl (C=O) groups is 2. The van der Waals surface area contributed by atoms with Gasteiger partial charge in [0.1, 0.15) is 11.8 Å². The van der Waals surface area contributed by atoms with E-state index in [4.69, 9.17) is 27.9 Å². The molecule has 0 aliphatic heterocycles. The fraction of sp³-hybridized carbons (Fsp3) is 0.364. The molecule has 2 aromatic rings. The number of nitrogens with one attached hydrogen (secondary N) is 1. The number of amides is 2. The van der Waals surface area contributed by atoms with E-state index >= 15 is 0 Å². The first-order valence-corrected chi connectivity index (χ1v) is 10.4. The molecule has 0 saturated heterocycles. The summed E-state index contributed by atoms with van der Waals surface area (Å²) in [6.45, 7) is 4.85. The molecule has 1 atom stereocenters. The van der Waals surface area contributed by atoms with Crippen molar-refractivity contribution < 1.29 is 14.3 Å². The zero-order valence-electron chi connectivity index (χ0n) is 16.7. The lowest BCUT2D eigenvalue weighted by Crippen LogP contribution is -2.47. The molecule has 2 amide bonds. The van der Waals surface area contributed by atoms with Gasteiger partial charge in [0.05, 0.1) is 6.61 Å². The molecule has 0 radical (unpaired) electrons. The van der Waals surface area contributed by atoms with Crippen LogP contribution in [0.4, 0.5) is 0 Å². The maximum absolute atomic E-state index is 12.9. The van der Waals surface area contributed by atoms with Gasteiger partial charge < -0.3 is 15.0 Å². The van der Waals surface area contributed by atoms with Gasteiger partial charge in [-0.15, -0.1) is 0 Å². The van der Waals surface area contributed by atoms with Crippen LogP contribution in [0.5, 0.6) is 5.75 Å². The summed E-state index contributed by atoms with van der Waals surface area (Å²) in [6.07, 6.45) is 0.825. The van der Waals surface area contributed by atoms with Crippen LogP contribution in [0, 0.1) is 0 Å². The average Bonchev–Trinajstić information content (AvgIpc) is 2.71. The summed E-state index contributed by atoms with van der Waals surface area (Å²) in [5.74, 6) is 0.432. The molecule has 0 aliphatic rings. The van der Waals surface area contributed by atoms with E-state index in [0.717, 1.165) is 5.56 Å². The van der Waals surface area contributed by atoms with E-state index in [2.05, 4.69) is 5.32 Å². The van der Waals surface area contributed by atoms with Crippen molar-refractivity contribution in [2.75, 3.05) is 13.2 Å². The minimum Gasteiger partial charge on any atom is -0.494 e. The van der Waals surface area contributed by atoms with E-state index < -0.39 is 6.04 Å². The van der Waals surface area contributed by atoms with Gasteiger partial charge in [0.15, 0.2) is 0 Å². The summed E-state index contributed by atoms with van der Waals surface area (Å²) in [6, 6.07) is 13.8. The van der Waals surface area contributed by atoms with E-state index in [1.165, 1.54) is 0 Å². The molecule has 0 heterocycles. The molecule has 156 valence electrons. The van der Waals surface area contributed by atoms with Crippen LogP contribution in [-0.4, -0.2) is 35.9 Å². The second-order valence-corrected chi connectivity index (χ2v) is 7.50. The topological polar surface area (TPSA) is 58.6 Å². The summed E-state index contributed by atoms with van der Waals surface area (Å²) < 4.78 is 5.65. The number of carbonyl (C=O) groups excluding carboxylic acids is 2. The fourth-order valence-corrected chi connectivity index (χ4v) is 3.03. The van der Waals surface area contributed by atoms with E-state index in [0.29, 0.717) is 41.9 Å². The Morgan fingerprint density at radius 2 is 1.62 bits per heavy atom. The van der Waals surface area contributed by atoms with Crippen LogP contribution in [0.25, 0.3) is 0 Å². The summed E-state index contributed by atoms with van der Waals surface area (Å²) in [4.78, 5) is 26.8. The number of hydrogen-bond acceptors (Lipinski definition) is 3. The van der Waals surface area contributed by atoms with Gasteiger partial charge in [0.2, 0.25) is 11.8 Å². The van der Waals surface area contributed by atoms with Crippen LogP contribution < -0.4 is 10.1 Å². The van der Waals surface area contributed by atoms with Crippen LogP contribution in [0.1, 0.15) is 32.3 Å². The van der Waals surface area contributed by atoms with Crippen molar-refractivity contribution in [2.45, 2.75) is 39.3 Å². The standard InChI is InChI=1S/C22H26Cl2N2O3/c1-3-25-22(28)16(2)26(15-17-6-8-18(23)9-7-17)21(27)5-4-14-29-20-12-10-19(24)11-13-20/h6-13,16H,3-5,14-15H2,1-2H3,(H,25,28)/t16-/m1/s1. The quantitative estimate of drug-likeness (QED) is 0.548. The smallest absolute Gasteiger partial charge is 0.242 e. The minimum absolute atomic E-state index is 0.0987. The van der Waals surface area contributed by atoms with Crippen LogP contribution >= 0.6 is 23.2 Å². The average molecular weight is 437 g/mol. The molecule has 0 aliphatic carbocycles. The first-order chi connectivity index (χ1) is 13.9. The Balaban J connectivity index is 1.96. The zero-order chi connectivity index (χ0) is 21.2. The number of ether oxygens (including phenoxy) is 1. The third-order valence-corrected chi connectivity index (χ3v) is 4.91. The molecule has 1 N–H and O–H groups in total. The Morgan fingerprint density at radius 3 is 2.21 bits per heavy atom. The van der Waals surface area contributed by atoms with E-state index in [-0.39, 0.29) is 18.2 Å². The SMILES string of the molecule is CCNC(=O)[C@@H](C)N(Cc1ccc(Cl)cc1)C(=O)CCCOc1ccc(Cl)cc1. The number of rotatable bonds is 10. The van der Waals surface area contributed by atoms with Crippen molar-refractivity contribution in [2.24, 2.45) is 0 Å². The summed E-state index contributed by atoms with van der Waals surface area (Å²) >= 11 is 11.8. The number of likely N-dealkylation sites (N-methyl/N-ethyl adjacent to an activating group) is 1. The lowest BCUT2D eigenvalue weighted by atomic mass is 10.1. The van der Waals surface area contributed by atoms with Crippen LogP contribution in [-0.2, 0) is 16.1 Å². The summed E-state index contributed by atoms with van der Waals surface area (Å²) in [7, 11) is 0. The molecule has 0 saturated carbocycles. The van der Waals surface area contributed by atoms with Crippen molar-refractivity contribution in [1.82, 2.24) is 10.2 Å². The van der Waals surface area contributed by atoms with Crippen LogP contribution in [0.2, 0.25) is 10.0 Å². The Kier molecular flexibility index (Phi) is 9.29. The second kappa shape index (κ2) is 11.7. The van der Waals surface area contributed by atoms with Crippen molar-refractivity contribution in [3.05, 3.63) is 64.1 Å². The van der Waals surface area contributed by atoms with Gasteiger partial charge in [0.25, 0.3) is 0 Å². The Labute approximate surface area is 181 Å². The first-order valence-electron chi connectivity index (χ1n) is 9.60. The van der Waals surface area contributed by atoms with Gasteiger partial charge in [-0.2, -0.15) is 0 Å². The van der Waals surface area contributed by atoms with Gasteiger partial charge in [-0.05, 0) is 62.2 Å². The highest BCUT2D eigenvalue weighted by Gasteiger charge is 2.25. The monoisotopic (exact) mass is 436 g/mol. The van der Waals surface area contributed by atoms with Crippen molar-refractivity contribution >= 4 is 35.0 Å². The molecule has 0 fully saturated rings. The highest BCUT2D eigenvalue weighted by Crippen LogP contribution is 2.17. The minimum atomic E-state index is -0.574. The van der Waals surface area contributed by atoms with E-state index in [1.54, 1.807) is 48.2 Å². The highest BCUT2D eigenvalue weighted by molar-refractivity contribution is 6.30. The Morgan fingerprint density at radius 1 is 1.03 bits per heavy atom. The molecule has 0 bridgehead atoms. The molecule has 0 spiro atoms. The largest absolute Gasteiger partial charge is 0.494 e. The van der Waals surface area contributed by atoms with Crippen LogP contribution in [0.3, 0.4) is 0 Å². The van der Waals surface area contributed by atoms with Gasteiger partial charge >= 0.3 is 0 Å². The maximum atomic E-state index is 12.9. The maximum Gasteiger partial charge on any atom is 0.242 e. The Bertz CT molecular complexity index is 795. The number of benzene rings is 2. The molecule has 0 unspecified atom stereocenters. The number of halogens is 2. The van der Waals surface area contributed by atoms with Crippen molar-refractivity contribution in [3.8, 4) is 5.75 Å². The third-order valence-electron chi connectivity index (χ3n) is 4.40. The number of nitrogens with zero attached hydrogens (tertiary/aromatic N) is 1. The van der Waals surface area contributed by atoms with Gasteiger partial charge in [0, 0.05) is 29.6 Å². The normalized spacial score (nSPS) is 11.6. The fourth-order valence-electron chi connectivity index (χ4n) is 2.78. The van der Waals surface area contributed by atoms with Gasteiger partial charge in [-0.25, -0.2) is 0 Å². The highest BCUT2D eigenvalue weighted by atomic mass is 35.5. The van der Waals surface area contributed by atoms with Crippen LogP contribution in [0.15, 0.2) is 48.5 Å². The molecule has 2 aromatic carbocycles. The molecule has 7 heteroatoms. The third kappa shape index (κ3) is 7.59. The summed E-state index contributed by atoms with van der Waals surface area (Å²) in [5.41, 5.74) is 0.913. The molecule has 29 heavy (non-hydrogen) atoms. The van der Waals surface area contributed by atoms with Crippen molar-refractivity contribution in [1.29, 1.82) is 0 Å². The Hall–Kier alpha value is -2.24. The predicted octanol–water partition coefficient (Wildman–Crippen LogP) is 4.71. The number of hydrogen-bond donors (Lipinski definition) is 1. The molecule has 2 rings (SSSR count). The van der Waals surface area contributed by atoms with Gasteiger partial charge in [-0.3, -0.25) is 9.59 Å². The lowest BCUT2D eigenvalue weighted by molar-refractivity contribution is -0.140. The zero-order valence-corrected chi connectivity index (χ0v) is 18.2. The molecular weight excluding hydrogens is 411 g/mol. The van der Waals surface area contributed by atoms with E-state index in [9.17, 15) is 9.59 Å².